The van der Waals surface area contributed by atoms with Crippen molar-refractivity contribution < 1.29 is 4.39 Å². The molecule has 84 valence electrons. The lowest BCUT2D eigenvalue weighted by atomic mass is 10.1. The van der Waals surface area contributed by atoms with Crippen LogP contribution in [0.15, 0.2) is 18.2 Å². The van der Waals surface area contributed by atoms with Gasteiger partial charge in [-0.3, -0.25) is 0 Å². The van der Waals surface area contributed by atoms with Crippen LogP contribution in [0.3, 0.4) is 0 Å². The van der Waals surface area contributed by atoms with Gasteiger partial charge in [0, 0.05) is 5.56 Å². The molecule has 5 heteroatoms. The molecule has 1 unspecified atom stereocenters. The maximum absolute atomic E-state index is 12.9. The summed E-state index contributed by atoms with van der Waals surface area (Å²) in [6.07, 6.45) is 0. The maximum Gasteiger partial charge on any atom is 0.148 e. The molecular formula is C11H12FN3S. The predicted octanol–water partition coefficient (Wildman–Crippen LogP) is 2.67. The highest BCUT2D eigenvalue weighted by Crippen LogP contribution is 2.28. The number of benzene rings is 1. The smallest absolute Gasteiger partial charge is 0.148 e. The normalized spacial score (nSPS) is 12.8. The van der Waals surface area contributed by atoms with Gasteiger partial charge in [0.15, 0.2) is 0 Å². The van der Waals surface area contributed by atoms with Crippen molar-refractivity contribution in [2.24, 2.45) is 5.73 Å². The van der Waals surface area contributed by atoms with Crippen molar-refractivity contribution in [1.82, 2.24) is 10.2 Å². The summed E-state index contributed by atoms with van der Waals surface area (Å²) in [5, 5.41) is 9.64. The van der Waals surface area contributed by atoms with E-state index in [-0.39, 0.29) is 11.9 Å². The van der Waals surface area contributed by atoms with Gasteiger partial charge in [-0.05, 0) is 37.6 Å². The molecule has 0 saturated carbocycles. The number of hydrogen-bond acceptors (Lipinski definition) is 4. The fourth-order valence-corrected chi connectivity index (χ4v) is 2.28. The molecule has 1 aromatic carbocycles. The zero-order chi connectivity index (χ0) is 11.7. The summed E-state index contributed by atoms with van der Waals surface area (Å²) < 4.78 is 12.9. The first kappa shape index (κ1) is 11.2. The van der Waals surface area contributed by atoms with Gasteiger partial charge in [-0.1, -0.05) is 11.3 Å². The standard InChI is InChI=1S/C11H12FN3S/c1-6-5-8(12)3-4-9(6)11-15-14-10(16-11)7(2)13/h3-5,7H,13H2,1-2H3. The number of rotatable bonds is 2. The molecule has 2 aromatic rings. The van der Waals surface area contributed by atoms with Gasteiger partial charge in [0.1, 0.15) is 15.8 Å². The highest BCUT2D eigenvalue weighted by molar-refractivity contribution is 7.14. The van der Waals surface area contributed by atoms with E-state index in [1.807, 2.05) is 13.8 Å². The van der Waals surface area contributed by atoms with Crippen molar-refractivity contribution in [3.63, 3.8) is 0 Å². The fourth-order valence-electron chi connectivity index (χ4n) is 1.39. The summed E-state index contributed by atoms with van der Waals surface area (Å²) in [5.41, 5.74) is 7.48. The third kappa shape index (κ3) is 2.10. The molecule has 16 heavy (non-hydrogen) atoms. The van der Waals surface area contributed by atoms with Crippen LogP contribution < -0.4 is 5.73 Å². The van der Waals surface area contributed by atoms with Crippen LogP contribution in [-0.2, 0) is 0 Å². The van der Waals surface area contributed by atoms with E-state index < -0.39 is 0 Å². The molecule has 0 saturated heterocycles. The van der Waals surface area contributed by atoms with Gasteiger partial charge in [0.25, 0.3) is 0 Å². The van der Waals surface area contributed by atoms with Crippen LogP contribution in [-0.4, -0.2) is 10.2 Å². The molecule has 2 N–H and O–H groups in total. The van der Waals surface area contributed by atoms with E-state index in [1.54, 1.807) is 6.07 Å². The topological polar surface area (TPSA) is 51.8 Å². The molecule has 0 aliphatic rings. The van der Waals surface area contributed by atoms with E-state index in [2.05, 4.69) is 10.2 Å². The van der Waals surface area contributed by atoms with Crippen LogP contribution in [0.5, 0.6) is 0 Å². The van der Waals surface area contributed by atoms with E-state index in [0.717, 1.165) is 21.1 Å². The number of nitrogens with zero attached hydrogens (tertiary/aromatic N) is 2. The molecule has 0 radical (unpaired) electrons. The zero-order valence-electron chi connectivity index (χ0n) is 9.07. The van der Waals surface area contributed by atoms with Crippen LogP contribution in [0.2, 0.25) is 0 Å². The second kappa shape index (κ2) is 4.27. The van der Waals surface area contributed by atoms with Crippen LogP contribution >= 0.6 is 11.3 Å². The molecule has 0 fully saturated rings. The van der Waals surface area contributed by atoms with Crippen LogP contribution in [0.25, 0.3) is 10.6 Å². The van der Waals surface area contributed by atoms with Gasteiger partial charge in [0.05, 0.1) is 6.04 Å². The second-order valence-corrected chi connectivity index (χ2v) is 4.70. The van der Waals surface area contributed by atoms with Crippen molar-refractivity contribution in [3.8, 4) is 10.6 Å². The molecule has 3 nitrogen and oxygen atoms in total. The first-order valence-electron chi connectivity index (χ1n) is 4.93. The largest absolute Gasteiger partial charge is 0.322 e. The van der Waals surface area contributed by atoms with Crippen molar-refractivity contribution in [2.45, 2.75) is 19.9 Å². The molecular weight excluding hydrogens is 225 g/mol. The van der Waals surface area contributed by atoms with Gasteiger partial charge in [-0.15, -0.1) is 10.2 Å². The summed E-state index contributed by atoms with van der Waals surface area (Å²) in [4.78, 5) is 0. The minimum atomic E-state index is -0.238. The van der Waals surface area contributed by atoms with E-state index in [1.165, 1.54) is 23.5 Å². The molecule has 2 rings (SSSR count). The first-order valence-corrected chi connectivity index (χ1v) is 5.75. The Hall–Kier alpha value is -1.33. The Morgan fingerprint density at radius 2 is 2.12 bits per heavy atom. The number of nitrogens with two attached hydrogens (primary N) is 1. The number of aryl methyl sites for hydroxylation is 1. The average molecular weight is 237 g/mol. The average Bonchev–Trinajstić information content (AvgIpc) is 2.66. The van der Waals surface area contributed by atoms with Crippen LogP contribution in [0, 0.1) is 12.7 Å². The summed E-state index contributed by atoms with van der Waals surface area (Å²) in [5.74, 6) is -0.238. The lowest BCUT2D eigenvalue weighted by molar-refractivity contribution is 0.627. The van der Waals surface area contributed by atoms with Gasteiger partial charge in [-0.25, -0.2) is 4.39 Å². The molecule has 0 spiro atoms. The zero-order valence-corrected chi connectivity index (χ0v) is 9.88. The number of halogens is 1. The molecule has 1 heterocycles. The van der Waals surface area contributed by atoms with Crippen LogP contribution in [0.1, 0.15) is 23.5 Å². The quantitative estimate of drug-likeness (QED) is 0.873. The minimum absolute atomic E-state index is 0.119. The monoisotopic (exact) mass is 237 g/mol. The third-order valence-corrected chi connectivity index (χ3v) is 3.41. The van der Waals surface area contributed by atoms with Crippen molar-refractivity contribution in [2.75, 3.05) is 0 Å². The maximum atomic E-state index is 12.9. The first-order chi connectivity index (χ1) is 7.58. The molecule has 0 bridgehead atoms. The molecule has 1 aromatic heterocycles. The lowest BCUT2D eigenvalue weighted by Gasteiger charge is -2.00. The summed E-state index contributed by atoms with van der Waals surface area (Å²) in [7, 11) is 0. The summed E-state index contributed by atoms with van der Waals surface area (Å²) in [6, 6.07) is 4.51. The Bertz CT molecular complexity index is 508. The Labute approximate surface area is 97.1 Å². The highest BCUT2D eigenvalue weighted by Gasteiger charge is 2.11. The van der Waals surface area contributed by atoms with Gasteiger partial charge in [-0.2, -0.15) is 0 Å². The molecule has 0 aliphatic carbocycles. The third-order valence-electron chi connectivity index (χ3n) is 2.25. The number of aromatic nitrogens is 2. The lowest BCUT2D eigenvalue weighted by Crippen LogP contribution is -2.03. The summed E-state index contributed by atoms with van der Waals surface area (Å²) in [6.45, 7) is 3.72. The fraction of sp³-hybridized carbons (Fsp3) is 0.273. The SMILES string of the molecule is Cc1cc(F)ccc1-c1nnc(C(C)N)s1. The Morgan fingerprint density at radius 3 is 2.69 bits per heavy atom. The highest BCUT2D eigenvalue weighted by atomic mass is 32.1. The Balaban J connectivity index is 2.42. The van der Waals surface area contributed by atoms with Gasteiger partial charge >= 0.3 is 0 Å². The van der Waals surface area contributed by atoms with Crippen molar-refractivity contribution >= 4 is 11.3 Å². The second-order valence-electron chi connectivity index (χ2n) is 3.69. The van der Waals surface area contributed by atoms with E-state index in [9.17, 15) is 4.39 Å². The molecule has 0 aliphatic heterocycles. The van der Waals surface area contributed by atoms with E-state index >= 15 is 0 Å². The predicted molar refractivity (Wildman–Crippen MR) is 62.6 cm³/mol. The summed E-state index contributed by atoms with van der Waals surface area (Å²) >= 11 is 1.44. The number of hydrogen-bond donors (Lipinski definition) is 1. The molecule has 0 amide bonds. The van der Waals surface area contributed by atoms with Crippen molar-refractivity contribution in [1.29, 1.82) is 0 Å². The van der Waals surface area contributed by atoms with E-state index in [4.69, 9.17) is 5.73 Å². The van der Waals surface area contributed by atoms with Gasteiger partial charge in [0.2, 0.25) is 0 Å². The van der Waals surface area contributed by atoms with E-state index in [0.29, 0.717) is 0 Å². The van der Waals surface area contributed by atoms with Gasteiger partial charge < -0.3 is 5.73 Å². The molecule has 1 atom stereocenters. The van der Waals surface area contributed by atoms with Crippen LogP contribution in [0.4, 0.5) is 4.39 Å². The Morgan fingerprint density at radius 1 is 1.38 bits per heavy atom. The Kier molecular flexibility index (Phi) is 2.98. The minimum Gasteiger partial charge on any atom is -0.322 e. The van der Waals surface area contributed by atoms with Crippen molar-refractivity contribution in [3.05, 3.63) is 34.6 Å².